The van der Waals surface area contributed by atoms with Crippen LogP contribution in [0.15, 0.2) is 24.3 Å². The van der Waals surface area contributed by atoms with Crippen LogP contribution in [0, 0.1) is 0 Å². The van der Waals surface area contributed by atoms with E-state index < -0.39 is 10.0 Å². The second-order valence-corrected chi connectivity index (χ2v) is 7.36. The van der Waals surface area contributed by atoms with E-state index in [9.17, 15) is 13.2 Å². The van der Waals surface area contributed by atoms with Gasteiger partial charge in [0, 0.05) is 19.3 Å². The molecule has 1 aromatic rings. The number of carbonyl (C=O) groups excluding carboxylic acids is 1. The van der Waals surface area contributed by atoms with Gasteiger partial charge in [-0.05, 0) is 17.5 Å². The molecule has 0 aliphatic carbocycles. The first-order valence-corrected chi connectivity index (χ1v) is 8.93. The Balaban J connectivity index is 2.80. The van der Waals surface area contributed by atoms with Crippen LogP contribution in [0.1, 0.15) is 25.3 Å². The molecule has 7 heteroatoms. The molecule has 1 N–H and O–H groups in total. The normalized spacial score (nSPS) is 11.9. The van der Waals surface area contributed by atoms with E-state index in [2.05, 4.69) is 5.32 Å². The highest BCUT2D eigenvalue weighted by molar-refractivity contribution is 7.88. The molecule has 1 aromatic carbocycles. The SMILES string of the molecule is COCCN(CC(=O)Nc1ccccc1C(C)C)S(C)(=O)=O. The standard InChI is InChI=1S/C15H24N2O4S/c1-12(2)13-7-5-6-8-14(13)16-15(18)11-17(9-10-21-3)22(4,19)20/h5-8,12H,9-11H2,1-4H3,(H,16,18). The molecule has 0 fully saturated rings. The van der Waals surface area contributed by atoms with E-state index in [0.29, 0.717) is 5.69 Å². The van der Waals surface area contributed by atoms with Gasteiger partial charge in [-0.25, -0.2) is 8.42 Å². The summed E-state index contributed by atoms with van der Waals surface area (Å²) in [7, 11) is -1.97. The maximum Gasteiger partial charge on any atom is 0.239 e. The van der Waals surface area contributed by atoms with Gasteiger partial charge >= 0.3 is 0 Å². The van der Waals surface area contributed by atoms with E-state index in [0.717, 1.165) is 16.1 Å². The van der Waals surface area contributed by atoms with Crippen LogP contribution >= 0.6 is 0 Å². The fourth-order valence-corrected chi connectivity index (χ4v) is 2.78. The summed E-state index contributed by atoms with van der Waals surface area (Å²) in [5.41, 5.74) is 1.72. The van der Waals surface area contributed by atoms with Gasteiger partial charge in [0.2, 0.25) is 15.9 Å². The molecule has 0 radical (unpaired) electrons. The van der Waals surface area contributed by atoms with Crippen LogP contribution in [-0.4, -0.2) is 51.7 Å². The van der Waals surface area contributed by atoms with Gasteiger partial charge < -0.3 is 10.1 Å². The number of ether oxygens (including phenoxy) is 1. The van der Waals surface area contributed by atoms with Gasteiger partial charge in [-0.1, -0.05) is 32.0 Å². The third-order valence-electron chi connectivity index (χ3n) is 3.19. The van der Waals surface area contributed by atoms with E-state index in [4.69, 9.17) is 4.74 Å². The molecule has 6 nitrogen and oxygen atoms in total. The van der Waals surface area contributed by atoms with Crippen molar-refractivity contribution < 1.29 is 17.9 Å². The number of hydrogen-bond acceptors (Lipinski definition) is 4. The van der Waals surface area contributed by atoms with Crippen molar-refractivity contribution in [3.8, 4) is 0 Å². The number of para-hydroxylation sites is 1. The lowest BCUT2D eigenvalue weighted by Gasteiger charge is -2.20. The van der Waals surface area contributed by atoms with E-state index >= 15 is 0 Å². The molecule has 0 atom stereocenters. The van der Waals surface area contributed by atoms with Gasteiger partial charge in [0.15, 0.2) is 0 Å². The van der Waals surface area contributed by atoms with Gasteiger partial charge in [0.1, 0.15) is 0 Å². The van der Waals surface area contributed by atoms with E-state index in [-0.39, 0.29) is 31.5 Å². The average Bonchev–Trinajstić information content (AvgIpc) is 2.42. The molecule has 1 amide bonds. The van der Waals surface area contributed by atoms with Crippen molar-refractivity contribution in [1.29, 1.82) is 0 Å². The van der Waals surface area contributed by atoms with Crippen LogP contribution < -0.4 is 5.32 Å². The molecule has 0 saturated carbocycles. The Hall–Kier alpha value is -1.44. The second-order valence-electron chi connectivity index (χ2n) is 5.38. The highest BCUT2D eigenvalue weighted by atomic mass is 32.2. The fraction of sp³-hybridized carbons (Fsp3) is 0.533. The summed E-state index contributed by atoms with van der Waals surface area (Å²) in [6.45, 7) is 4.23. The zero-order valence-corrected chi connectivity index (χ0v) is 14.3. The largest absolute Gasteiger partial charge is 0.383 e. The molecule has 0 heterocycles. The van der Waals surface area contributed by atoms with Gasteiger partial charge in [0.25, 0.3) is 0 Å². The number of rotatable bonds is 8. The minimum Gasteiger partial charge on any atom is -0.383 e. The monoisotopic (exact) mass is 328 g/mol. The summed E-state index contributed by atoms with van der Waals surface area (Å²) in [5.74, 6) is -0.106. The quantitative estimate of drug-likeness (QED) is 0.787. The number of carbonyl (C=O) groups is 1. The number of sulfonamides is 1. The van der Waals surface area contributed by atoms with Crippen molar-refractivity contribution in [3.63, 3.8) is 0 Å². The molecule has 0 aromatic heterocycles. The fourth-order valence-electron chi connectivity index (χ4n) is 2.02. The van der Waals surface area contributed by atoms with Crippen LogP contribution in [0.2, 0.25) is 0 Å². The minimum atomic E-state index is -3.46. The molecule has 0 aliphatic rings. The van der Waals surface area contributed by atoms with Gasteiger partial charge in [0.05, 0.1) is 19.4 Å². The Morgan fingerprint density at radius 2 is 1.95 bits per heavy atom. The summed E-state index contributed by atoms with van der Waals surface area (Å²) in [6.07, 6.45) is 1.08. The molecular formula is C15H24N2O4S. The van der Waals surface area contributed by atoms with Crippen molar-refractivity contribution in [1.82, 2.24) is 4.31 Å². The van der Waals surface area contributed by atoms with Crippen molar-refractivity contribution in [3.05, 3.63) is 29.8 Å². The molecule has 0 unspecified atom stereocenters. The lowest BCUT2D eigenvalue weighted by Crippen LogP contribution is -2.39. The highest BCUT2D eigenvalue weighted by Gasteiger charge is 2.20. The summed E-state index contributed by atoms with van der Waals surface area (Å²) < 4.78 is 29.4. The first kappa shape index (κ1) is 18.6. The van der Waals surface area contributed by atoms with Crippen molar-refractivity contribution in [2.24, 2.45) is 0 Å². The maximum absolute atomic E-state index is 12.1. The molecule has 0 spiro atoms. The topological polar surface area (TPSA) is 75.7 Å². The lowest BCUT2D eigenvalue weighted by molar-refractivity contribution is -0.116. The van der Waals surface area contributed by atoms with Crippen LogP contribution in [0.5, 0.6) is 0 Å². The lowest BCUT2D eigenvalue weighted by atomic mass is 10.0. The molecule has 1 rings (SSSR count). The van der Waals surface area contributed by atoms with E-state index in [1.807, 2.05) is 38.1 Å². The Kier molecular flexibility index (Phi) is 6.99. The zero-order valence-electron chi connectivity index (χ0n) is 13.5. The number of nitrogens with zero attached hydrogens (tertiary/aromatic N) is 1. The van der Waals surface area contributed by atoms with Gasteiger partial charge in [-0.15, -0.1) is 0 Å². The highest BCUT2D eigenvalue weighted by Crippen LogP contribution is 2.23. The zero-order chi connectivity index (χ0) is 16.8. The average molecular weight is 328 g/mol. The maximum atomic E-state index is 12.1. The van der Waals surface area contributed by atoms with Crippen LogP contribution in [-0.2, 0) is 19.6 Å². The molecule has 0 saturated heterocycles. The predicted octanol–water partition coefficient (Wildman–Crippen LogP) is 1.66. The van der Waals surface area contributed by atoms with Crippen molar-refractivity contribution in [2.75, 3.05) is 38.4 Å². The van der Waals surface area contributed by atoms with Crippen LogP contribution in [0.25, 0.3) is 0 Å². The summed E-state index contributed by atoms with van der Waals surface area (Å²) in [6, 6.07) is 7.50. The summed E-state index contributed by atoms with van der Waals surface area (Å²) in [5, 5.41) is 2.78. The Morgan fingerprint density at radius 3 is 2.50 bits per heavy atom. The first-order chi connectivity index (χ1) is 10.3. The number of nitrogens with one attached hydrogen (secondary N) is 1. The third-order valence-corrected chi connectivity index (χ3v) is 4.44. The smallest absolute Gasteiger partial charge is 0.239 e. The van der Waals surface area contributed by atoms with Crippen LogP contribution in [0.3, 0.4) is 0 Å². The molecule has 22 heavy (non-hydrogen) atoms. The molecule has 124 valence electrons. The molecule has 0 aliphatic heterocycles. The number of hydrogen-bond donors (Lipinski definition) is 1. The van der Waals surface area contributed by atoms with E-state index in [1.165, 1.54) is 7.11 Å². The summed E-state index contributed by atoms with van der Waals surface area (Å²) >= 11 is 0. The molecule has 0 bridgehead atoms. The number of amides is 1. The van der Waals surface area contributed by atoms with E-state index in [1.54, 1.807) is 0 Å². The van der Waals surface area contributed by atoms with Gasteiger partial charge in [-0.3, -0.25) is 4.79 Å². The summed E-state index contributed by atoms with van der Waals surface area (Å²) in [4.78, 5) is 12.1. The number of benzene rings is 1. The Labute approximate surface area is 132 Å². The van der Waals surface area contributed by atoms with Gasteiger partial charge in [-0.2, -0.15) is 4.31 Å². The Morgan fingerprint density at radius 1 is 1.32 bits per heavy atom. The third kappa shape index (κ3) is 5.75. The number of methoxy groups -OCH3 is 1. The van der Waals surface area contributed by atoms with Crippen molar-refractivity contribution >= 4 is 21.6 Å². The predicted molar refractivity (Wildman–Crippen MR) is 87.5 cm³/mol. The Bertz CT molecular complexity index is 599. The van der Waals surface area contributed by atoms with Crippen molar-refractivity contribution in [2.45, 2.75) is 19.8 Å². The second kappa shape index (κ2) is 8.26. The minimum absolute atomic E-state index is 0.147. The van der Waals surface area contributed by atoms with Crippen LogP contribution in [0.4, 0.5) is 5.69 Å². The molecular weight excluding hydrogens is 304 g/mol. The first-order valence-electron chi connectivity index (χ1n) is 7.08. The number of anilines is 1.